The number of aryl methyl sites for hydroxylation is 2. The highest BCUT2D eigenvalue weighted by Crippen LogP contribution is 2.31. The second kappa shape index (κ2) is 10.7. The summed E-state index contributed by atoms with van der Waals surface area (Å²) in [6.07, 6.45) is 0. The predicted molar refractivity (Wildman–Crippen MR) is 143 cm³/mol. The quantitative estimate of drug-likeness (QED) is 0.311. The Morgan fingerprint density at radius 1 is 0.806 bits per heavy atom. The number of amides is 1. The van der Waals surface area contributed by atoms with Crippen LogP contribution >= 0.6 is 0 Å². The molecule has 0 aliphatic rings. The largest absolute Gasteiger partial charge is 0.455 e. The standard InChI is InChI=1S/C29H28N2O4S/c1-21-16-18-25(19-17-21)36(33,34)31(27-14-9-10-22(2)23(27)3)20-29(32)30-26-13-7-8-15-28(26)35-24-11-5-4-6-12-24/h4-19H,20H2,1-3H3,(H,30,32). The third-order valence-electron chi connectivity index (χ3n) is 5.87. The minimum atomic E-state index is -4.01. The Morgan fingerprint density at radius 2 is 1.47 bits per heavy atom. The van der Waals surface area contributed by atoms with Crippen molar-refractivity contribution in [3.8, 4) is 11.5 Å². The van der Waals surface area contributed by atoms with Crippen LogP contribution in [0.1, 0.15) is 16.7 Å². The maximum Gasteiger partial charge on any atom is 0.264 e. The Kier molecular flexibility index (Phi) is 7.41. The van der Waals surface area contributed by atoms with E-state index in [1.807, 2.05) is 57.2 Å². The molecule has 4 rings (SSSR count). The first-order valence-corrected chi connectivity index (χ1v) is 13.0. The summed E-state index contributed by atoms with van der Waals surface area (Å²) in [7, 11) is -4.01. The summed E-state index contributed by atoms with van der Waals surface area (Å²) < 4.78 is 34.5. The zero-order valence-corrected chi connectivity index (χ0v) is 21.2. The molecule has 0 radical (unpaired) electrons. The molecule has 1 amide bonds. The van der Waals surface area contributed by atoms with E-state index in [0.717, 1.165) is 21.0 Å². The molecule has 4 aromatic rings. The maximum absolute atomic E-state index is 13.7. The molecule has 0 fully saturated rings. The lowest BCUT2D eigenvalue weighted by atomic mass is 10.1. The molecule has 0 aliphatic heterocycles. The number of benzene rings is 4. The molecule has 0 spiro atoms. The fourth-order valence-electron chi connectivity index (χ4n) is 3.74. The maximum atomic E-state index is 13.7. The molecule has 7 heteroatoms. The first-order chi connectivity index (χ1) is 17.3. The molecule has 0 aromatic heterocycles. The highest BCUT2D eigenvalue weighted by Gasteiger charge is 2.29. The average molecular weight is 501 g/mol. The molecular formula is C29H28N2O4S. The van der Waals surface area contributed by atoms with Gasteiger partial charge in [0.15, 0.2) is 5.75 Å². The monoisotopic (exact) mass is 500 g/mol. The van der Waals surface area contributed by atoms with Crippen LogP contribution in [-0.2, 0) is 14.8 Å². The Morgan fingerprint density at radius 3 is 2.19 bits per heavy atom. The van der Waals surface area contributed by atoms with Gasteiger partial charge in [0, 0.05) is 0 Å². The third kappa shape index (κ3) is 5.58. The minimum absolute atomic E-state index is 0.120. The number of hydrogen-bond donors (Lipinski definition) is 1. The van der Waals surface area contributed by atoms with Crippen molar-refractivity contribution in [3.63, 3.8) is 0 Å². The Balaban J connectivity index is 1.66. The van der Waals surface area contributed by atoms with Crippen LogP contribution in [0.5, 0.6) is 11.5 Å². The van der Waals surface area contributed by atoms with Crippen LogP contribution in [0.3, 0.4) is 0 Å². The van der Waals surface area contributed by atoms with Gasteiger partial charge in [-0.25, -0.2) is 8.42 Å². The lowest BCUT2D eigenvalue weighted by Gasteiger charge is -2.26. The third-order valence-corrected chi connectivity index (χ3v) is 7.65. The fourth-order valence-corrected chi connectivity index (χ4v) is 5.22. The summed E-state index contributed by atoms with van der Waals surface area (Å²) in [5.74, 6) is 0.589. The van der Waals surface area contributed by atoms with Gasteiger partial charge < -0.3 is 10.1 Å². The molecule has 0 unspecified atom stereocenters. The molecule has 0 saturated heterocycles. The molecule has 0 bridgehead atoms. The summed E-state index contributed by atoms with van der Waals surface area (Å²) >= 11 is 0. The van der Waals surface area contributed by atoms with Crippen LogP contribution in [0.2, 0.25) is 0 Å². The van der Waals surface area contributed by atoms with Crippen LogP contribution in [0.25, 0.3) is 0 Å². The average Bonchev–Trinajstić information content (AvgIpc) is 2.86. The number of rotatable bonds is 8. The molecule has 1 N–H and O–H groups in total. The molecule has 6 nitrogen and oxygen atoms in total. The van der Waals surface area contributed by atoms with Crippen molar-refractivity contribution in [2.75, 3.05) is 16.2 Å². The highest BCUT2D eigenvalue weighted by atomic mass is 32.2. The van der Waals surface area contributed by atoms with E-state index < -0.39 is 22.5 Å². The van der Waals surface area contributed by atoms with Gasteiger partial charge in [0.2, 0.25) is 5.91 Å². The molecule has 0 heterocycles. The molecule has 36 heavy (non-hydrogen) atoms. The number of para-hydroxylation sites is 3. The Bertz CT molecular complexity index is 1470. The molecule has 4 aromatic carbocycles. The topological polar surface area (TPSA) is 75.7 Å². The van der Waals surface area contributed by atoms with Crippen molar-refractivity contribution < 1.29 is 17.9 Å². The van der Waals surface area contributed by atoms with Crippen molar-refractivity contribution in [3.05, 3.63) is 114 Å². The lowest BCUT2D eigenvalue weighted by molar-refractivity contribution is -0.114. The lowest BCUT2D eigenvalue weighted by Crippen LogP contribution is -2.38. The minimum Gasteiger partial charge on any atom is -0.455 e. The molecular weight excluding hydrogens is 472 g/mol. The SMILES string of the molecule is Cc1ccc(S(=O)(=O)N(CC(=O)Nc2ccccc2Oc2ccccc2)c2cccc(C)c2C)cc1. The predicted octanol–water partition coefficient (Wildman–Crippen LogP) is 6.24. The van der Waals surface area contributed by atoms with Gasteiger partial charge in [-0.1, -0.05) is 60.2 Å². The second-order valence-electron chi connectivity index (χ2n) is 8.50. The van der Waals surface area contributed by atoms with E-state index in [0.29, 0.717) is 22.9 Å². The van der Waals surface area contributed by atoms with Gasteiger partial charge in [-0.3, -0.25) is 9.10 Å². The number of ether oxygens (including phenoxy) is 1. The zero-order valence-electron chi connectivity index (χ0n) is 20.4. The second-order valence-corrected chi connectivity index (χ2v) is 10.4. The number of nitrogens with zero attached hydrogens (tertiary/aromatic N) is 1. The molecule has 0 aliphatic carbocycles. The van der Waals surface area contributed by atoms with Crippen LogP contribution < -0.4 is 14.4 Å². The molecule has 0 atom stereocenters. The van der Waals surface area contributed by atoms with Gasteiger partial charge >= 0.3 is 0 Å². The van der Waals surface area contributed by atoms with Crippen molar-refractivity contribution in [1.82, 2.24) is 0 Å². The Hall–Kier alpha value is -4.10. The van der Waals surface area contributed by atoms with Crippen LogP contribution in [-0.4, -0.2) is 20.9 Å². The summed E-state index contributed by atoms with van der Waals surface area (Å²) in [5, 5.41) is 2.83. The first-order valence-electron chi connectivity index (χ1n) is 11.5. The highest BCUT2D eigenvalue weighted by molar-refractivity contribution is 7.92. The van der Waals surface area contributed by atoms with Gasteiger partial charge in [0.25, 0.3) is 10.0 Å². The van der Waals surface area contributed by atoms with Gasteiger partial charge in [0.1, 0.15) is 12.3 Å². The first kappa shape index (κ1) is 25.0. The zero-order chi connectivity index (χ0) is 25.7. The summed E-state index contributed by atoms with van der Waals surface area (Å²) in [6.45, 7) is 5.25. The van der Waals surface area contributed by atoms with Crippen molar-refractivity contribution in [1.29, 1.82) is 0 Å². The number of carbonyl (C=O) groups excluding carboxylic acids is 1. The number of nitrogens with one attached hydrogen (secondary N) is 1. The summed E-state index contributed by atoms with van der Waals surface area (Å²) in [5.41, 5.74) is 3.56. The summed E-state index contributed by atoms with van der Waals surface area (Å²) in [6, 6.07) is 28.3. The van der Waals surface area contributed by atoms with Gasteiger partial charge in [-0.05, 0) is 74.4 Å². The Labute approximate surface area is 212 Å². The van der Waals surface area contributed by atoms with E-state index in [4.69, 9.17) is 4.74 Å². The number of sulfonamides is 1. The van der Waals surface area contributed by atoms with Crippen molar-refractivity contribution in [2.45, 2.75) is 25.7 Å². The van der Waals surface area contributed by atoms with E-state index in [1.54, 1.807) is 60.7 Å². The van der Waals surface area contributed by atoms with E-state index in [2.05, 4.69) is 5.32 Å². The van der Waals surface area contributed by atoms with E-state index in [9.17, 15) is 13.2 Å². The number of carbonyl (C=O) groups is 1. The molecule has 184 valence electrons. The fraction of sp³-hybridized carbons (Fsp3) is 0.138. The van der Waals surface area contributed by atoms with Crippen molar-refractivity contribution in [2.24, 2.45) is 0 Å². The number of hydrogen-bond acceptors (Lipinski definition) is 4. The van der Waals surface area contributed by atoms with Gasteiger partial charge in [0.05, 0.1) is 16.3 Å². The van der Waals surface area contributed by atoms with Crippen LogP contribution in [0.4, 0.5) is 11.4 Å². The molecule has 0 saturated carbocycles. The van der Waals surface area contributed by atoms with E-state index in [1.165, 1.54) is 0 Å². The van der Waals surface area contributed by atoms with Gasteiger partial charge in [-0.2, -0.15) is 0 Å². The van der Waals surface area contributed by atoms with Crippen LogP contribution in [0.15, 0.2) is 102 Å². The normalized spacial score (nSPS) is 11.1. The van der Waals surface area contributed by atoms with E-state index in [-0.39, 0.29) is 4.90 Å². The van der Waals surface area contributed by atoms with Crippen LogP contribution in [0, 0.1) is 20.8 Å². The van der Waals surface area contributed by atoms with Crippen molar-refractivity contribution >= 4 is 27.3 Å². The van der Waals surface area contributed by atoms with Gasteiger partial charge in [-0.15, -0.1) is 0 Å². The van der Waals surface area contributed by atoms with E-state index >= 15 is 0 Å². The smallest absolute Gasteiger partial charge is 0.264 e. The number of anilines is 2. The summed E-state index contributed by atoms with van der Waals surface area (Å²) in [4.78, 5) is 13.4.